The molecule has 9 heteroatoms. The number of rotatable bonds is 3. The largest absolute Gasteiger partial charge is 0.389 e. The summed E-state index contributed by atoms with van der Waals surface area (Å²) in [5.41, 5.74) is 7.75. The maximum atomic E-state index is 13.3. The number of amides is 3. The average molecular weight is 431 g/mol. The van der Waals surface area contributed by atoms with Gasteiger partial charge in [-0.25, -0.2) is 4.79 Å². The number of nitriles is 1. The number of piperidine rings is 1. The summed E-state index contributed by atoms with van der Waals surface area (Å²) >= 11 is 1.53. The van der Waals surface area contributed by atoms with E-state index in [9.17, 15) is 14.9 Å². The van der Waals surface area contributed by atoms with Gasteiger partial charge in [0.25, 0.3) is 0 Å². The maximum Gasteiger partial charge on any atom is 0.324 e. The molecular formula is C21H30N6O2S. The van der Waals surface area contributed by atoms with Crippen molar-refractivity contribution >= 4 is 28.3 Å². The van der Waals surface area contributed by atoms with Gasteiger partial charge in [0.1, 0.15) is 11.1 Å². The van der Waals surface area contributed by atoms with Gasteiger partial charge in [-0.05, 0) is 51.8 Å². The summed E-state index contributed by atoms with van der Waals surface area (Å²) in [7, 11) is 4.07. The fraction of sp³-hybridized carbons (Fsp3) is 0.667. The molecule has 30 heavy (non-hydrogen) atoms. The topological polar surface area (TPSA) is 106 Å². The van der Waals surface area contributed by atoms with Gasteiger partial charge in [0.05, 0.1) is 17.5 Å². The number of nitrogens with zero attached hydrogens (tertiary/aromatic N) is 4. The molecule has 3 N–H and O–H groups in total. The van der Waals surface area contributed by atoms with Gasteiger partial charge in [0, 0.05) is 37.1 Å². The van der Waals surface area contributed by atoms with E-state index in [0.29, 0.717) is 29.7 Å². The van der Waals surface area contributed by atoms with E-state index in [1.807, 2.05) is 14.0 Å². The van der Waals surface area contributed by atoms with Gasteiger partial charge in [0.2, 0.25) is 5.91 Å². The SMILES string of the molecule is CCN(C(=O)NC1CN(C)C1)C(=O)[C@@H]1C[C@@H]2Cc3c(sc(N)c3C#N)C[C@H]2N(C)C1. The predicted molar refractivity (Wildman–Crippen MR) is 116 cm³/mol. The highest BCUT2D eigenvalue weighted by molar-refractivity contribution is 7.16. The molecule has 0 aromatic carbocycles. The lowest BCUT2D eigenvalue weighted by atomic mass is 9.74. The Morgan fingerprint density at radius 2 is 2.03 bits per heavy atom. The molecule has 3 heterocycles. The molecule has 0 bridgehead atoms. The Morgan fingerprint density at radius 3 is 2.67 bits per heavy atom. The first kappa shape index (κ1) is 21.1. The van der Waals surface area contributed by atoms with E-state index in [-0.39, 0.29) is 29.8 Å². The third-order valence-electron chi connectivity index (χ3n) is 6.86. The highest BCUT2D eigenvalue weighted by Gasteiger charge is 2.43. The molecule has 3 aliphatic rings. The van der Waals surface area contributed by atoms with E-state index < -0.39 is 0 Å². The number of imide groups is 1. The zero-order valence-electron chi connectivity index (χ0n) is 17.9. The van der Waals surface area contributed by atoms with E-state index in [0.717, 1.165) is 37.9 Å². The Morgan fingerprint density at radius 1 is 1.30 bits per heavy atom. The number of hydrogen-bond acceptors (Lipinski definition) is 7. The Labute approximate surface area is 181 Å². The molecule has 4 rings (SSSR count). The highest BCUT2D eigenvalue weighted by Crippen LogP contribution is 2.42. The van der Waals surface area contributed by atoms with Crippen molar-refractivity contribution in [3.05, 3.63) is 16.0 Å². The molecule has 3 atom stereocenters. The lowest BCUT2D eigenvalue weighted by Crippen LogP contribution is -2.61. The zero-order chi connectivity index (χ0) is 21.6. The molecule has 2 saturated heterocycles. The number of nitrogens with one attached hydrogen (secondary N) is 1. The minimum atomic E-state index is -0.284. The molecule has 1 aliphatic carbocycles. The minimum absolute atomic E-state index is 0.0934. The molecule has 162 valence electrons. The Bertz CT molecular complexity index is 887. The zero-order valence-corrected chi connectivity index (χ0v) is 18.7. The fourth-order valence-corrected chi connectivity index (χ4v) is 6.41. The summed E-state index contributed by atoms with van der Waals surface area (Å²) in [5, 5.41) is 13.1. The van der Waals surface area contributed by atoms with E-state index >= 15 is 0 Å². The summed E-state index contributed by atoms with van der Waals surface area (Å²) < 4.78 is 0. The van der Waals surface area contributed by atoms with Crippen molar-refractivity contribution in [1.82, 2.24) is 20.0 Å². The lowest BCUT2D eigenvalue weighted by molar-refractivity contribution is -0.135. The van der Waals surface area contributed by atoms with Crippen molar-refractivity contribution < 1.29 is 9.59 Å². The predicted octanol–water partition coefficient (Wildman–Crippen LogP) is 1.11. The Hall–Kier alpha value is -2.15. The Balaban J connectivity index is 1.46. The van der Waals surface area contributed by atoms with Gasteiger partial charge in [-0.15, -0.1) is 11.3 Å². The summed E-state index contributed by atoms with van der Waals surface area (Å²) in [5.74, 6) is -0.0217. The van der Waals surface area contributed by atoms with Gasteiger partial charge in [-0.3, -0.25) is 9.69 Å². The first-order chi connectivity index (χ1) is 14.3. The second-order valence-corrected chi connectivity index (χ2v) is 10.0. The van der Waals surface area contributed by atoms with Crippen molar-refractivity contribution in [2.24, 2.45) is 11.8 Å². The van der Waals surface area contributed by atoms with Crippen LogP contribution >= 0.6 is 11.3 Å². The number of nitrogen functional groups attached to an aromatic ring is 1. The van der Waals surface area contributed by atoms with Crippen molar-refractivity contribution in [2.75, 3.05) is 46.0 Å². The molecular weight excluding hydrogens is 400 g/mol. The van der Waals surface area contributed by atoms with Crippen LogP contribution in [0, 0.1) is 23.2 Å². The second-order valence-electron chi connectivity index (χ2n) is 8.91. The summed E-state index contributed by atoms with van der Waals surface area (Å²) in [6.45, 7) is 4.50. The molecule has 2 aliphatic heterocycles. The van der Waals surface area contributed by atoms with Crippen LogP contribution in [-0.2, 0) is 17.6 Å². The number of hydrogen-bond donors (Lipinski definition) is 2. The summed E-state index contributed by atoms with van der Waals surface area (Å²) in [6, 6.07) is 2.44. The van der Waals surface area contributed by atoms with Crippen LogP contribution in [0.5, 0.6) is 0 Å². The standard InChI is InChI=1S/C21H30N6O2S/c1-4-27(21(29)24-14-10-25(2)11-14)20(28)13-5-12-6-15-16(8-22)19(23)30-18(15)7-17(12)26(3)9-13/h12-14,17H,4-7,9-11,23H2,1-3H3,(H,24,29)/t12-,13-,17-/m1/s1. The van der Waals surface area contributed by atoms with Crippen LogP contribution in [0.15, 0.2) is 0 Å². The van der Waals surface area contributed by atoms with Crippen LogP contribution in [-0.4, -0.2) is 79.0 Å². The van der Waals surface area contributed by atoms with Gasteiger partial charge in [0.15, 0.2) is 0 Å². The molecule has 0 radical (unpaired) electrons. The molecule has 0 unspecified atom stereocenters. The van der Waals surface area contributed by atoms with Crippen LogP contribution in [0.4, 0.5) is 9.80 Å². The summed E-state index contributed by atoms with van der Waals surface area (Å²) in [6.07, 6.45) is 2.39. The number of carbonyl (C=O) groups is 2. The Kier molecular flexibility index (Phi) is 5.75. The number of likely N-dealkylation sites (tertiary alicyclic amines) is 2. The maximum absolute atomic E-state index is 13.3. The third kappa shape index (κ3) is 3.68. The molecule has 8 nitrogen and oxygen atoms in total. The number of thiophene rings is 1. The quantitative estimate of drug-likeness (QED) is 0.744. The van der Waals surface area contributed by atoms with Crippen molar-refractivity contribution in [3.8, 4) is 6.07 Å². The van der Waals surface area contributed by atoms with Crippen molar-refractivity contribution in [3.63, 3.8) is 0 Å². The smallest absolute Gasteiger partial charge is 0.324 e. The number of likely N-dealkylation sites (N-methyl/N-ethyl adjacent to an activating group) is 2. The average Bonchev–Trinajstić information content (AvgIpc) is 2.99. The summed E-state index contributed by atoms with van der Waals surface area (Å²) in [4.78, 5) is 32.9. The molecule has 2 fully saturated rings. The minimum Gasteiger partial charge on any atom is -0.389 e. The number of fused-ring (bicyclic) bond motifs is 2. The second kappa shape index (κ2) is 8.17. The third-order valence-corrected chi connectivity index (χ3v) is 7.95. The van der Waals surface area contributed by atoms with Crippen LogP contribution in [0.2, 0.25) is 0 Å². The first-order valence-corrected chi connectivity index (χ1v) is 11.4. The van der Waals surface area contributed by atoms with Crippen LogP contribution in [0.3, 0.4) is 0 Å². The van der Waals surface area contributed by atoms with Crippen molar-refractivity contribution in [2.45, 2.75) is 38.3 Å². The van der Waals surface area contributed by atoms with Gasteiger partial charge >= 0.3 is 6.03 Å². The lowest BCUT2D eigenvalue weighted by Gasteiger charge is -2.45. The van der Waals surface area contributed by atoms with Crippen molar-refractivity contribution in [1.29, 1.82) is 5.26 Å². The highest BCUT2D eigenvalue weighted by atomic mass is 32.1. The van der Waals surface area contributed by atoms with Gasteiger partial charge in [-0.1, -0.05) is 0 Å². The van der Waals surface area contributed by atoms with E-state index in [1.165, 1.54) is 21.1 Å². The molecule has 0 spiro atoms. The van der Waals surface area contributed by atoms with E-state index in [1.54, 1.807) is 0 Å². The number of carbonyl (C=O) groups excluding carboxylic acids is 2. The monoisotopic (exact) mass is 430 g/mol. The van der Waals surface area contributed by atoms with E-state index in [2.05, 4.69) is 28.2 Å². The molecule has 1 aromatic rings. The van der Waals surface area contributed by atoms with Crippen LogP contribution in [0.25, 0.3) is 0 Å². The van der Waals surface area contributed by atoms with Crippen LogP contribution < -0.4 is 11.1 Å². The van der Waals surface area contributed by atoms with E-state index in [4.69, 9.17) is 5.73 Å². The van der Waals surface area contributed by atoms with Crippen LogP contribution in [0.1, 0.15) is 29.3 Å². The number of nitrogens with two attached hydrogens (primary N) is 1. The normalized spacial score (nSPS) is 26.8. The molecule has 1 aromatic heterocycles. The molecule has 0 saturated carbocycles. The van der Waals surface area contributed by atoms with Gasteiger partial charge < -0.3 is 20.9 Å². The number of urea groups is 1. The first-order valence-electron chi connectivity index (χ1n) is 10.6. The molecule has 3 amide bonds. The number of anilines is 1. The van der Waals surface area contributed by atoms with Gasteiger partial charge in [-0.2, -0.15) is 5.26 Å². The fourth-order valence-electron chi connectivity index (χ4n) is 5.31.